The van der Waals surface area contributed by atoms with Gasteiger partial charge in [-0.1, -0.05) is 12.1 Å². The molecule has 23 heavy (non-hydrogen) atoms. The van der Waals surface area contributed by atoms with E-state index in [1.807, 2.05) is 12.1 Å². The minimum atomic E-state index is -1.06. The van der Waals surface area contributed by atoms with Crippen LogP contribution in [0.2, 0.25) is 0 Å². The number of aromatic hydroxyl groups is 1. The molecule has 6 heteroatoms. The Morgan fingerprint density at radius 1 is 0.913 bits per heavy atom. The molecule has 0 unspecified atom stereocenters. The van der Waals surface area contributed by atoms with Gasteiger partial charge in [0.1, 0.15) is 17.0 Å². The van der Waals surface area contributed by atoms with Crippen LogP contribution in [0.5, 0.6) is 5.75 Å². The largest absolute Gasteiger partial charge is 0.506 e. The van der Waals surface area contributed by atoms with Crippen molar-refractivity contribution in [2.45, 2.75) is 25.4 Å². The zero-order valence-corrected chi connectivity index (χ0v) is 14.3. The Labute approximate surface area is 136 Å². The molecule has 0 aliphatic carbocycles. The average molecular weight is 321 g/mol. The summed E-state index contributed by atoms with van der Waals surface area (Å²) in [6, 6.07) is 6.99. The maximum absolute atomic E-state index is 10.2. The number of rotatable bonds is 6. The molecule has 0 saturated carbocycles. The molecular formula is C17H23NO5. The topological polar surface area (TPSA) is 70.0 Å². The van der Waals surface area contributed by atoms with E-state index in [0.717, 1.165) is 10.9 Å². The highest BCUT2D eigenvalue weighted by Gasteiger charge is 2.34. The smallest absolute Gasteiger partial charge is 0.208 e. The van der Waals surface area contributed by atoms with E-state index >= 15 is 0 Å². The van der Waals surface area contributed by atoms with Crippen LogP contribution >= 0.6 is 0 Å². The van der Waals surface area contributed by atoms with Gasteiger partial charge in [-0.15, -0.1) is 0 Å². The van der Waals surface area contributed by atoms with Crippen molar-refractivity contribution in [3.63, 3.8) is 0 Å². The van der Waals surface area contributed by atoms with E-state index < -0.39 is 11.6 Å². The van der Waals surface area contributed by atoms with Crippen molar-refractivity contribution in [3.05, 3.63) is 35.5 Å². The normalized spacial score (nSPS) is 12.8. The first kappa shape index (κ1) is 17.6. The second-order valence-corrected chi connectivity index (χ2v) is 5.44. The van der Waals surface area contributed by atoms with Gasteiger partial charge in [0.15, 0.2) is 5.79 Å². The maximum Gasteiger partial charge on any atom is 0.208 e. The summed E-state index contributed by atoms with van der Waals surface area (Å²) in [4.78, 5) is 4.52. The van der Waals surface area contributed by atoms with Crippen LogP contribution in [0.1, 0.15) is 25.1 Å². The number of phenolic OH excluding ortho intramolecular Hbond substituents is 1. The molecule has 0 radical (unpaired) electrons. The molecule has 0 saturated heterocycles. The van der Waals surface area contributed by atoms with Crippen molar-refractivity contribution < 1.29 is 24.1 Å². The molecule has 0 fully saturated rings. The first-order chi connectivity index (χ1) is 10.8. The zero-order valence-electron chi connectivity index (χ0n) is 14.3. The molecule has 2 aromatic rings. The highest BCUT2D eigenvalue weighted by atomic mass is 16.7. The van der Waals surface area contributed by atoms with E-state index in [4.69, 9.17) is 18.9 Å². The number of benzene rings is 1. The van der Waals surface area contributed by atoms with E-state index in [1.165, 1.54) is 14.2 Å². The first-order valence-corrected chi connectivity index (χ1v) is 7.19. The van der Waals surface area contributed by atoms with E-state index in [0.29, 0.717) is 11.2 Å². The van der Waals surface area contributed by atoms with Gasteiger partial charge in [0.05, 0.1) is 0 Å². The molecule has 0 aliphatic heterocycles. The SMILES string of the molecule is COC(C)(OC)c1cc(C(C)(OC)OC)c2cccc(O)c2n1. The molecule has 1 N–H and O–H groups in total. The molecule has 2 rings (SSSR count). The second-order valence-electron chi connectivity index (χ2n) is 5.44. The standard InChI is InChI=1S/C17H23NO5/c1-16(20-3,21-4)12-10-14(17(2,22-5)23-6)18-15-11(12)8-7-9-13(15)19/h7-10,19H,1-6H3. The number of pyridine rings is 1. The summed E-state index contributed by atoms with van der Waals surface area (Å²) in [5, 5.41) is 10.9. The van der Waals surface area contributed by atoms with Crippen LogP contribution in [0, 0.1) is 0 Å². The molecule has 1 aromatic carbocycles. The first-order valence-electron chi connectivity index (χ1n) is 7.19. The van der Waals surface area contributed by atoms with Gasteiger partial charge in [-0.05, 0) is 26.0 Å². The summed E-state index contributed by atoms with van der Waals surface area (Å²) >= 11 is 0. The molecule has 1 heterocycles. The number of aromatic nitrogens is 1. The van der Waals surface area contributed by atoms with Gasteiger partial charge in [0.2, 0.25) is 5.79 Å². The fourth-order valence-corrected chi connectivity index (χ4v) is 2.44. The third-order valence-electron chi connectivity index (χ3n) is 4.33. The predicted molar refractivity (Wildman–Crippen MR) is 86.1 cm³/mol. The third kappa shape index (κ3) is 2.90. The summed E-state index contributed by atoms with van der Waals surface area (Å²) in [6.07, 6.45) is 0. The van der Waals surface area contributed by atoms with Crippen LogP contribution in [-0.4, -0.2) is 38.5 Å². The highest BCUT2D eigenvalue weighted by molar-refractivity contribution is 5.88. The Morgan fingerprint density at radius 3 is 2.00 bits per heavy atom. The Hall–Kier alpha value is -1.73. The fraction of sp³-hybridized carbons (Fsp3) is 0.471. The van der Waals surface area contributed by atoms with Crippen molar-refractivity contribution in [2.75, 3.05) is 28.4 Å². The quantitative estimate of drug-likeness (QED) is 0.825. The molecule has 0 atom stereocenters. The van der Waals surface area contributed by atoms with E-state index in [-0.39, 0.29) is 5.75 Å². The van der Waals surface area contributed by atoms with Crippen molar-refractivity contribution in [3.8, 4) is 5.75 Å². The van der Waals surface area contributed by atoms with Gasteiger partial charge < -0.3 is 24.1 Å². The average Bonchev–Trinajstić information content (AvgIpc) is 2.60. The highest BCUT2D eigenvalue weighted by Crippen LogP contribution is 2.37. The van der Waals surface area contributed by atoms with Crippen molar-refractivity contribution in [2.24, 2.45) is 0 Å². The number of fused-ring (bicyclic) bond motifs is 1. The number of nitrogens with zero attached hydrogens (tertiary/aromatic N) is 1. The van der Waals surface area contributed by atoms with Crippen LogP contribution in [0.3, 0.4) is 0 Å². The summed E-state index contributed by atoms with van der Waals surface area (Å²) < 4.78 is 22.0. The number of hydrogen-bond donors (Lipinski definition) is 1. The van der Waals surface area contributed by atoms with Gasteiger partial charge in [-0.3, -0.25) is 0 Å². The minimum absolute atomic E-state index is 0.0645. The molecule has 126 valence electrons. The van der Waals surface area contributed by atoms with Crippen molar-refractivity contribution in [1.82, 2.24) is 4.98 Å². The Balaban J connectivity index is 2.87. The number of para-hydroxylation sites is 1. The molecule has 0 amide bonds. The molecule has 0 spiro atoms. The molecule has 6 nitrogen and oxygen atoms in total. The fourth-order valence-electron chi connectivity index (χ4n) is 2.44. The minimum Gasteiger partial charge on any atom is -0.506 e. The monoisotopic (exact) mass is 321 g/mol. The molecule has 0 aliphatic rings. The summed E-state index contributed by atoms with van der Waals surface area (Å²) in [5.41, 5.74) is 1.66. The predicted octanol–water partition coefficient (Wildman–Crippen LogP) is 2.87. The van der Waals surface area contributed by atoms with Crippen molar-refractivity contribution in [1.29, 1.82) is 0 Å². The lowest BCUT2D eigenvalue weighted by Gasteiger charge is -2.31. The zero-order chi connectivity index (χ0) is 17.3. The lowest BCUT2D eigenvalue weighted by Crippen LogP contribution is -2.31. The van der Waals surface area contributed by atoms with Gasteiger partial charge in [0.25, 0.3) is 0 Å². The molecular weight excluding hydrogens is 298 g/mol. The lowest BCUT2D eigenvalue weighted by atomic mass is 9.98. The third-order valence-corrected chi connectivity index (χ3v) is 4.33. The second kappa shape index (κ2) is 6.41. The number of ether oxygens (including phenoxy) is 4. The van der Waals surface area contributed by atoms with E-state index in [2.05, 4.69) is 4.98 Å². The molecule has 0 bridgehead atoms. The summed E-state index contributed by atoms with van der Waals surface area (Å²) in [7, 11) is 6.19. The van der Waals surface area contributed by atoms with Crippen LogP contribution in [0.25, 0.3) is 10.9 Å². The maximum atomic E-state index is 10.2. The number of hydrogen-bond acceptors (Lipinski definition) is 6. The van der Waals surface area contributed by atoms with Gasteiger partial charge in [-0.2, -0.15) is 0 Å². The lowest BCUT2D eigenvalue weighted by molar-refractivity contribution is -0.207. The summed E-state index contributed by atoms with van der Waals surface area (Å²) in [5.74, 6) is -2.01. The van der Waals surface area contributed by atoms with Gasteiger partial charge >= 0.3 is 0 Å². The van der Waals surface area contributed by atoms with Crippen LogP contribution in [0.15, 0.2) is 24.3 Å². The number of methoxy groups -OCH3 is 4. The van der Waals surface area contributed by atoms with Gasteiger partial charge in [0, 0.05) is 39.4 Å². The van der Waals surface area contributed by atoms with E-state index in [9.17, 15) is 5.11 Å². The Morgan fingerprint density at radius 2 is 1.48 bits per heavy atom. The Kier molecular flexibility index (Phi) is 4.91. The Bertz CT molecular complexity index is 693. The van der Waals surface area contributed by atoms with E-state index in [1.54, 1.807) is 40.2 Å². The summed E-state index contributed by atoms with van der Waals surface area (Å²) in [6.45, 7) is 3.55. The van der Waals surface area contributed by atoms with Crippen LogP contribution in [-0.2, 0) is 30.5 Å². The van der Waals surface area contributed by atoms with Crippen molar-refractivity contribution >= 4 is 10.9 Å². The number of phenols is 1. The van der Waals surface area contributed by atoms with Crippen LogP contribution in [0.4, 0.5) is 0 Å². The van der Waals surface area contributed by atoms with Gasteiger partial charge in [-0.25, -0.2) is 4.98 Å². The van der Waals surface area contributed by atoms with Crippen LogP contribution < -0.4 is 0 Å². The molecule has 1 aromatic heterocycles.